The number of nitrogens with two attached hydrogens (primary N) is 2. The Morgan fingerprint density at radius 2 is 1.74 bits per heavy atom. The molecule has 0 bridgehead atoms. The monoisotopic (exact) mass is 565 g/mol. The smallest absolute Gasteiger partial charge is 0.311 e. The lowest BCUT2D eigenvalue weighted by molar-refractivity contribution is -0.153. The van der Waals surface area contributed by atoms with Gasteiger partial charge in [0.25, 0.3) is 0 Å². The van der Waals surface area contributed by atoms with E-state index in [2.05, 4.69) is 5.32 Å². The zero-order valence-corrected chi connectivity index (χ0v) is 24.1. The molecule has 1 aliphatic carbocycles. The SMILES string of the molecule is COC(=O)[C@]1(C)CC[C@@H](NC(=O)[C@H](N)[C@H](c2ccccc2Cl)C(N)(c2cc(Cl)ccc2F)C(C)(C)C)CC1. The molecule has 3 atom stereocenters. The predicted octanol–water partition coefficient (Wildman–Crippen LogP) is 5.68. The van der Waals surface area contributed by atoms with Crippen molar-refractivity contribution in [2.45, 2.75) is 76.9 Å². The van der Waals surface area contributed by atoms with E-state index in [4.69, 9.17) is 39.4 Å². The predicted molar refractivity (Wildman–Crippen MR) is 149 cm³/mol. The molecule has 3 rings (SSSR count). The number of carbonyl (C=O) groups excluding carboxylic acids is 2. The molecule has 2 aromatic rings. The van der Waals surface area contributed by atoms with Crippen molar-refractivity contribution in [3.8, 4) is 0 Å². The Balaban J connectivity index is 2.03. The van der Waals surface area contributed by atoms with Gasteiger partial charge < -0.3 is 21.5 Å². The molecule has 1 aliphatic rings. The number of benzene rings is 2. The fourth-order valence-corrected chi connectivity index (χ4v) is 6.03. The Morgan fingerprint density at radius 1 is 1.13 bits per heavy atom. The Kier molecular flexibility index (Phi) is 9.19. The van der Waals surface area contributed by atoms with Gasteiger partial charge in [-0.3, -0.25) is 9.59 Å². The Labute approximate surface area is 234 Å². The van der Waals surface area contributed by atoms with Gasteiger partial charge in [0.15, 0.2) is 0 Å². The van der Waals surface area contributed by atoms with E-state index in [1.165, 1.54) is 25.3 Å². The normalized spacial score (nSPS) is 23.2. The number of nitrogens with one attached hydrogen (secondary N) is 1. The Hall–Kier alpha value is -2.19. The zero-order valence-electron chi connectivity index (χ0n) is 22.6. The maximum Gasteiger partial charge on any atom is 0.311 e. The number of hydrogen-bond acceptors (Lipinski definition) is 5. The summed E-state index contributed by atoms with van der Waals surface area (Å²) in [5, 5.41) is 3.73. The number of ether oxygens (including phenoxy) is 1. The fraction of sp³-hybridized carbons (Fsp3) is 0.517. The molecule has 0 aromatic heterocycles. The largest absolute Gasteiger partial charge is 0.469 e. The first kappa shape index (κ1) is 30.4. The van der Waals surface area contributed by atoms with Crippen LogP contribution in [0, 0.1) is 16.6 Å². The highest BCUT2D eigenvalue weighted by Crippen LogP contribution is 2.51. The van der Waals surface area contributed by atoms with Crippen LogP contribution in [-0.2, 0) is 19.9 Å². The summed E-state index contributed by atoms with van der Waals surface area (Å²) in [4.78, 5) is 25.9. The van der Waals surface area contributed by atoms with Crippen LogP contribution in [0.2, 0.25) is 10.0 Å². The lowest BCUT2D eigenvalue weighted by Gasteiger charge is -2.50. The average molecular weight is 567 g/mol. The molecular formula is C29H38Cl2FN3O3. The van der Waals surface area contributed by atoms with Crippen LogP contribution in [0.4, 0.5) is 4.39 Å². The van der Waals surface area contributed by atoms with Crippen LogP contribution in [0.1, 0.15) is 70.4 Å². The fourth-order valence-electron chi connectivity index (χ4n) is 5.60. The number of methoxy groups -OCH3 is 1. The van der Waals surface area contributed by atoms with Crippen LogP contribution >= 0.6 is 23.2 Å². The van der Waals surface area contributed by atoms with E-state index < -0.39 is 40.1 Å². The minimum Gasteiger partial charge on any atom is -0.469 e. The second kappa shape index (κ2) is 11.5. The molecule has 0 heterocycles. The number of esters is 1. The molecule has 0 spiro atoms. The number of hydrogen-bond donors (Lipinski definition) is 3. The van der Waals surface area contributed by atoms with Crippen molar-refractivity contribution in [3.63, 3.8) is 0 Å². The number of carbonyl (C=O) groups is 2. The first-order chi connectivity index (χ1) is 17.7. The highest BCUT2D eigenvalue weighted by molar-refractivity contribution is 6.31. The molecule has 1 unspecified atom stereocenters. The topological polar surface area (TPSA) is 107 Å². The van der Waals surface area contributed by atoms with Crippen molar-refractivity contribution in [1.29, 1.82) is 0 Å². The summed E-state index contributed by atoms with van der Waals surface area (Å²) in [6.45, 7) is 7.49. The van der Waals surface area contributed by atoms with Gasteiger partial charge in [0.2, 0.25) is 5.91 Å². The van der Waals surface area contributed by atoms with Crippen molar-refractivity contribution < 1.29 is 18.7 Å². The number of halogens is 3. The third-order valence-corrected chi connectivity index (χ3v) is 8.70. The minimum absolute atomic E-state index is 0.150. The van der Waals surface area contributed by atoms with Gasteiger partial charge in [0, 0.05) is 27.6 Å². The van der Waals surface area contributed by atoms with Gasteiger partial charge in [0.05, 0.1) is 24.1 Å². The lowest BCUT2D eigenvalue weighted by Crippen LogP contribution is -2.61. The molecule has 1 fully saturated rings. The molecule has 0 aliphatic heterocycles. The summed E-state index contributed by atoms with van der Waals surface area (Å²) < 4.78 is 20.4. The van der Waals surface area contributed by atoms with Gasteiger partial charge in [-0.05, 0) is 67.9 Å². The van der Waals surface area contributed by atoms with E-state index >= 15 is 4.39 Å². The second-order valence-corrected chi connectivity index (χ2v) is 12.4. The molecule has 9 heteroatoms. The van der Waals surface area contributed by atoms with E-state index in [1.54, 1.807) is 24.3 Å². The summed E-state index contributed by atoms with van der Waals surface area (Å²) in [5.41, 5.74) is 11.8. The minimum atomic E-state index is -1.49. The quantitative estimate of drug-likeness (QED) is 0.374. The van der Waals surface area contributed by atoms with Crippen molar-refractivity contribution in [3.05, 3.63) is 69.5 Å². The van der Waals surface area contributed by atoms with Crippen molar-refractivity contribution >= 4 is 35.1 Å². The molecule has 2 aromatic carbocycles. The van der Waals surface area contributed by atoms with Gasteiger partial charge >= 0.3 is 5.97 Å². The maximum absolute atomic E-state index is 15.4. The van der Waals surface area contributed by atoms with Crippen LogP contribution < -0.4 is 16.8 Å². The molecule has 1 saturated carbocycles. The first-order valence-corrected chi connectivity index (χ1v) is 13.5. The molecule has 6 nitrogen and oxygen atoms in total. The van der Waals surface area contributed by atoms with E-state index in [0.717, 1.165) is 0 Å². The van der Waals surface area contributed by atoms with E-state index in [9.17, 15) is 9.59 Å². The number of rotatable bonds is 7. The third kappa shape index (κ3) is 5.86. The first-order valence-electron chi connectivity index (χ1n) is 12.8. The molecule has 1 amide bonds. The molecule has 38 heavy (non-hydrogen) atoms. The van der Waals surface area contributed by atoms with Crippen molar-refractivity contribution in [1.82, 2.24) is 5.32 Å². The second-order valence-electron chi connectivity index (χ2n) is 11.6. The summed E-state index contributed by atoms with van der Waals surface area (Å²) in [6.07, 6.45) is 2.34. The lowest BCUT2D eigenvalue weighted by atomic mass is 9.59. The third-order valence-electron chi connectivity index (χ3n) is 8.12. The Bertz CT molecular complexity index is 1180. The summed E-state index contributed by atoms with van der Waals surface area (Å²) >= 11 is 12.9. The van der Waals surface area contributed by atoms with Crippen LogP contribution in [0.3, 0.4) is 0 Å². The number of amides is 1. The highest BCUT2D eigenvalue weighted by atomic mass is 35.5. The van der Waals surface area contributed by atoms with Crippen LogP contribution in [0.15, 0.2) is 42.5 Å². The van der Waals surface area contributed by atoms with Gasteiger partial charge in [-0.15, -0.1) is 0 Å². The average Bonchev–Trinajstić information content (AvgIpc) is 2.86. The molecule has 5 N–H and O–H groups in total. The van der Waals surface area contributed by atoms with Crippen LogP contribution in [0.5, 0.6) is 0 Å². The Morgan fingerprint density at radius 3 is 2.29 bits per heavy atom. The van der Waals surface area contributed by atoms with Crippen molar-refractivity contribution in [2.24, 2.45) is 22.3 Å². The van der Waals surface area contributed by atoms with E-state index in [1.807, 2.05) is 27.7 Å². The standard InChI is InChI=1S/C29H38Cl2FN3O3/c1-27(2,3)29(34,20-16-17(30)10-11-22(20)32)23(19-8-6-7-9-21(19)31)24(33)25(36)35-18-12-14-28(4,15-13-18)26(37)38-5/h6-11,16,18,23-24H,12-15,33-34H2,1-5H3,(H,35,36)/t18-,23-,24+,28-,29?/m0/s1. The highest BCUT2D eigenvalue weighted by Gasteiger charge is 2.53. The summed E-state index contributed by atoms with van der Waals surface area (Å²) in [7, 11) is 1.38. The van der Waals surface area contributed by atoms with E-state index in [-0.39, 0.29) is 17.6 Å². The van der Waals surface area contributed by atoms with Crippen molar-refractivity contribution in [2.75, 3.05) is 7.11 Å². The van der Waals surface area contributed by atoms with E-state index in [0.29, 0.717) is 41.3 Å². The maximum atomic E-state index is 15.4. The molecular weight excluding hydrogens is 528 g/mol. The van der Waals surface area contributed by atoms with Gasteiger partial charge in [0.1, 0.15) is 5.82 Å². The summed E-state index contributed by atoms with van der Waals surface area (Å²) in [6, 6.07) is 9.86. The van der Waals surface area contributed by atoms with Gasteiger partial charge in [-0.2, -0.15) is 0 Å². The van der Waals surface area contributed by atoms with Gasteiger partial charge in [-0.1, -0.05) is 62.2 Å². The summed E-state index contributed by atoms with van der Waals surface area (Å²) in [5.74, 6) is -2.14. The molecule has 208 valence electrons. The molecule has 0 radical (unpaired) electrons. The molecule has 0 saturated heterocycles. The van der Waals surface area contributed by atoms with Crippen LogP contribution in [0.25, 0.3) is 0 Å². The van der Waals surface area contributed by atoms with Crippen LogP contribution in [-0.4, -0.2) is 31.1 Å². The van der Waals surface area contributed by atoms with Gasteiger partial charge in [-0.25, -0.2) is 4.39 Å². The zero-order chi connectivity index (χ0) is 28.5.